The lowest BCUT2D eigenvalue weighted by molar-refractivity contribution is 0.185. The monoisotopic (exact) mass is 235 g/mol. The third-order valence-corrected chi connectivity index (χ3v) is 4.11. The molecule has 86 valence electrons. The number of ether oxygens (including phenoxy) is 1. The van der Waals surface area contributed by atoms with Crippen molar-refractivity contribution in [1.82, 2.24) is 5.32 Å². The van der Waals surface area contributed by atoms with Crippen LogP contribution in [0.4, 0.5) is 0 Å². The SMILES string of the molecule is CNCc1sc2c(C)cccc2c1COC. The largest absolute Gasteiger partial charge is 0.380 e. The van der Waals surface area contributed by atoms with Gasteiger partial charge in [-0.05, 0) is 24.9 Å². The molecule has 0 unspecified atom stereocenters. The van der Waals surface area contributed by atoms with Crippen molar-refractivity contribution in [2.45, 2.75) is 20.1 Å². The fraction of sp³-hybridized carbons (Fsp3) is 0.385. The number of benzene rings is 1. The van der Waals surface area contributed by atoms with E-state index in [1.54, 1.807) is 7.11 Å². The van der Waals surface area contributed by atoms with E-state index >= 15 is 0 Å². The average molecular weight is 235 g/mol. The minimum Gasteiger partial charge on any atom is -0.380 e. The first-order valence-electron chi connectivity index (χ1n) is 5.41. The molecule has 16 heavy (non-hydrogen) atoms. The second-order valence-corrected chi connectivity index (χ2v) is 5.02. The third-order valence-electron chi connectivity index (χ3n) is 2.72. The highest BCUT2D eigenvalue weighted by Gasteiger charge is 2.12. The minimum atomic E-state index is 0.695. The standard InChI is InChI=1S/C13H17NOS/c1-9-5-4-6-10-11(8-15-3)12(7-14-2)16-13(9)10/h4-6,14H,7-8H2,1-3H3. The molecule has 0 fully saturated rings. The van der Waals surface area contributed by atoms with Gasteiger partial charge in [0.15, 0.2) is 0 Å². The van der Waals surface area contributed by atoms with Crippen molar-refractivity contribution < 1.29 is 4.74 Å². The molecule has 1 aromatic carbocycles. The van der Waals surface area contributed by atoms with E-state index in [0.29, 0.717) is 6.61 Å². The molecule has 0 saturated carbocycles. The van der Waals surface area contributed by atoms with Gasteiger partial charge in [-0.2, -0.15) is 0 Å². The summed E-state index contributed by atoms with van der Waals surface area (Å²) in [7, 11) is 3.73. The molecule has 2 aromatic rings. The third kappa shape index (κ3) is 1.98. The molecule has 1 aromatic heterocycles. The molecule has 0 aliphatic carbocycles. The van der Waals surface area contributed by atoms with Crippen molar-refractivity contribution in [3.63, 3.8) is 0 Å². The quantitative estimate of drug-likeness (QED) is 0.879. The summed E-state index contributed by atoms with van der Waals surface area (Å²) in [5.74, 6) is 0. The number of aryl methyl sites for hydroxylation is 1. The van der Waals surface area contributed by atoms with E-state index in [1.165, 1.54) is 26.1 Å². The summed E-state index contributed by atoms with van der Waals surface area (Å²) in [6, 6.07) is 6.47. The summed E-state index contributed by atoms with van der Waals surface area (Å²) in [4.78, 5) is 1.38. The van der Waals surface area contributed by atoms with E-state index in [4.69, 9.17) is 4.74 Å². The summed E-state index contributed by atoms with van der Waals surface area (Å²) in [6.07, 6.45) is 0. The van der Waals surface area contributed by atoms with Crippen LogP contribution in [0.15, 0.2) is 18.2 Å². The Morgan fingerprint density at radius 2 is 2.19 bits per heavy atom. The fourth-order valence-electron chi connectivity index (χ4n) is 1.97. The van der Waals surface area contributed by atoms with Crippen LogP contribution in [0.5, 0.6) is 0 Å². The first-order valence-corrected chi connectivity index (χ1v) is 6.23. The van der Waals surface area contributed by atoms with Gasteiger partial charge in [0.05, 0.1) is 6.61 Å². The number of nitrogens with one attached hydrogen (secondary N) is 1. The highest BCUT2D eigenvalue weighted by Crippen LogP contribution is 2.33. The molecule has 0 aliphatic rings. The smallest absolute Gasteiger partial charge is 0.0730 e. The summed E-state index contributed by atoms with van der Waals surface area (Å²) >= 11 is 1.87. The highest BCUT2D eigenvalue weighted by atomic mass is 32.1. The number of hydrogen-bond donors (Lipinski definition) is 1. The molecule has 0 amide bonds. The second-order valence-electron chi connectivity index (χ2n) is 3.92. The maximum atomic E-state index is 5.30. The first-order chi connectivity index (χ1) is 7.77. The van der Waals surface area contributed by atoms with Crippen LogP contribution in [0, 0.1) is 6.92 Å². The van der Waals surface area contributed by atoms with Crippen LogP contribution in [-0.4, -0.2) is 14.2 Å². The van der Waals surface area contributed by atoms with E-state index in [0.717, 1.165) is 6.54 Å². The van der Waals surface area contributed by atoms with Gasteiger partial charge in [0, 0.05) is 28.8 Å². The Bertz CT molecular complexity index is 490. The molecule has 2 nitrogen and oxygen atoms in total. The lowest BCUT2D eigenvalue weighted by Crippen LogP contribution is -2.05. The van der Waals surface area contributed by atoms with Crippen molar-refractivity contribution in [3.05, 3.63) is 34.2 Å². The Kier molecular flexibility index (Phi) is 3.59. The summed E-state index contributed by atoms with van der Waals surface area (Å²) in [5.41, 5.74) is 2.68. The lowest BCUT2D eigenvalue weighted by Gasteiger charge is -2.02. The zero-order valence-electron chi connectivity index (χ0n) is 9.96. The Morgan fingerprint density at radius 3 is 2.88 bits per heavy atom. The predicted octanol–water partition coefficient (Wildman–Crippen LogP) is 3.08. The van der Waals surface area contributed by atoms with Crippen LogP contribution in [0.3, 0.4) is 0 Å². The molecular weight excluding hydrogens is 218 g/mol. The Morgan fingerprint density at radius 1 is 1.38 bits per heavy atom. The maximum Gasteiger partial charge on any atom is 0.0730 e. The zero-order valence-corrected chi connectivity index (χ0v) is 10.8. The van der Waals surface area contributed by atoms with Crippen LogP contribution < -0.4 is 5.32 Å². The van der Waals surface area contributed by atoms with Gasteiger partial charge in [-0.25, -0.2) is 0 Å². The molecule has 0 saturated heterocycles. The topological polar surface area (TPSA) is 21.3 Å². The van der Waals surface area contributed by atoms with Crippen molar-refractivity contribution in [1.29, 1.82) is 0 Å². The van der Waals surface area contributed by atoms with Crippen molar-refractivity contribution in [3.8, 4) is 0 Å². The van der Waals surface area contributed by atoms with E-state index in [9.17, 15) is 0 Å². The van der Waals surface area contributed by atoms with Crippen molar-refractivity contribution in [2.24, 2.45) is 0 Å². The lowest BCUT2D eigenvalue weighted by atomic mass is 10.1. The van der Waals surface area contributed by atoms with Gasteiger partial charge in [0.1, 0.15) is 0 Å². The van der Waals surface area contributed by atoms with Crippen LogP contribution in [0.1, 0.15) is 16.0 Å². The Balaban J connectivity index is 2.60. The average Bonchev–Trinajstić information content (AvgIpc) is 2.61. The summed E-state index contributed by atoms with van der Waals surface area (Å²) < 4.78 is 6.69. The number of thiophene rings is 1. The summed E-state index contributed by atoms with van der Waals surface area (Å²) in [5, 5.41) is 4.56. The molecule has 1 N–H and O–H groups in total. The van der Waals surface area contributed by atoms with Crippen molar-refractivity contribution in [2.75, 3.05) is 14.2 Å². The molecule has 0 bridgehead atoms. The molecular formula is C13H17NOS. The number of hydrogen-bond acceptors (Lipinski definition) is 3. The number of rotatable bonds is 4. The molecule has 2 rings (SSSR count). The molecule has 3 heteroatoms. The Hall–Kier alpha value is -0.900. The highest BCUT2D eigenvalue weighted by molar-refractivity contribution is 7.19. The van der Waals surface area contributed by atoms with Gasteiger partial charge in [0.2, 0.25) is 0 Å². The minimum absolute atomic E-state index is 0.695. The van der Waals surface area contributed by atoms with Gasteiger partial charge in [-0.3, -0.25) is 0 Å². The number of methoxy groups -OCH3 is 1. The van der Waals surface area contributed by atoms with Gasteiger partial charge in [0.25, 0.3) is 0 Å². The predicted molar refractivity (Wildman–Crippen MR) is 70.0 cm³/mol. The molecule has 0 aliphatic heterocycles. The van der Waals surface area contributed by atoms with Crippen LogP contribution in [0.2, 0.25) is 0 Å². The van der Waals surface area contributed by atoms with Crippen LogP contribution in [-0.2, 0) is 17.9 Å². The first kappa shape index (κ1) is 11.6. The summed E-state index contributed by atoms with van der Waals surface area (Å²) in [6.45, 7) is 3.77. The van der Waals surface area contributed by atoms with E-state index < -0.39 is 0 Å². The van der Waals surface area contributed by atoms with E-state index in [2.05, 4.69) is 30.4 Å². The molecule has 1 heterocycles. The van der Waals surface area contributed by atoms with Crippen molar-refractivity contribution >= 4 is 21.4 Å². The Labute approximate surface area is 100 Å². The van der Waals surface area contributed by atoms with Crippen LogP contribution >= 0.6 is 11.3 Å². The van der Waals surface area contributed by atoms with Crippen LogP contribution in [0.25, 0.3) is 10.1 Å². The van der Waals surface area contributed by atoms with Gasteiger partial charge in [-0.1, -0.05) is 18.2 Å². The van der Waals surface area contributed by atoms with Gasteiger partial charge < -0.3 is 10.1 Å². The molecule has 0 radical (unpaired) electrons. The van der Waals surface area contributed by atoms with Gasteiger partial charge >= 0.3 is 0 Å². The molecule has 0 atom stereocenters. The van der Waals surface area contributed by atoms with E-state index in [1.807, 2.05) is 18.4 Å². The fourth-order valence-corrected chi connectivity index (χ4v) is 3.25. The van der Waals surface area contributed by atoms with Gasteiger partial charge in [-0.15, -0.1) is 11.3 Å². The maximum absolute atomic E-state index is 5.30. The number of fused-ring (bicyclic) bond motifs is 1. The second kappa shape index (κ2) is 4.95. The molecule has 0 spiro atoms. The van der Waals surface area contributed by atoms with E-state index in [-0.39, 0.29) is 0 Å². The zero-order chi connectivity index (χ0) is 11.5. The normalized spacial score (nSPS) is 11.2.